The third kappa shape index (κ3) is 3.73. The number of imidazole rings is 1. The Labute approximate surface area is 163 Å². The Morgan fingerprint density at radius 2 is 1.80 bits per heavy atom. The minimum Gasteiger partial charge on any atom is -0.314 e. The lowest BCUT2D eigenvalue weighted by Gasteiger charge is -2.04. The van der Waals surface area contributed by atoms with Crippen molar-refractivity contribution in [1.29, 1.82) is 5.41 Å². The molecule has 0 bridgehead atoms. The zero-order chi connectivity index (χ0) is 18.1. The molecule has 0 unspecified atom stereocenters. The number of rotatable bonds is 4. The number of nitrogens with zero attached hydrogens (tertiary/aromatic N) is 2. The molecule has 0 aliphatic heterocycles. The molecule has 4 nitrogen and oxygen atoms in total. The summed E-state index contributed by atoms with van der Waals surface area (Å²) < 4.78 is 4.34. The first kappa shape index (κ1) is 18.0. The number of hydrogen-bond acceptors (Lipinski definition) is 2. The molecular formula is C18H14BrCl2N3O. The van der Waals surface area contributed by atoms with Gasteiger partial charge in [-0.05, 0) is 35.9 Å². The summed E-state index contributed by atoms with van der Waals surface area (Å²) in [7, 11) is 1.81. The molecule has 0 aliphatic rings. The van der Waals surface area contributed by atoms with Gasteiger partial charge in [0, 0.05) is 23.3 Å². The first-order valence-electron chi connectivity index (χ1n) is 7.42. The Balaban J connectivity index is 1.92. The molecule has 0 spiro atoms. The normalized spacial score (nSPS) is 10.9. The van der Waals surface area contributed by atoms with E-state index in [0.717, 1.165) is 15.7 Å². The summed E-state index contributed by atoms with van der Waals surface area (Å²) >= 11 is 15.3. The van der Waals surface area contributed by atoms with Gasteiger partial charge in [0.2, 0.25) is 5.62 Å². The molecule has 1 aromatic heterocycles. The number of benzene rings is 2. The monoisotopic (exact) mass is 437 g/mol. The minimum absolute atomic E-state index is 0.0567. The molecule has 0 saturated heterocycles. The maximum Gasteiger partial charge on any atom is 0.202 e. The van der Waals surface area contributed by atoms with Gasteiger partial charge in [0.1, 0.15) is 0 Å². The lowest BCUT2D eigenvalue weighted by Crippen LogP contribution is -2.25. The average Bonchev–Trinajstić information content (AvgIpc) is 2.86. The van der Waals surface area contributed by atoms with Crippen molar-refractivity contribution in [2.45, 2.75) is 6.54 Å². The molecule has 0 radical (unpaired) electrons. The van der Waals surface area contributed by atoms with Gasteiger partial charge in [0.25, 0.3) is 0 Å². The van der Waals surface area contributed by atoms with Crippen molar-refractivity contribution in [3.8, 4) is 11.3 Å². The second kappa shape index (κ2) is 7.20. The third-order valence-electron chi connectivity index (χ3n) is 3.92. The van der Waals surface area contributed by atoms with E-state index in [0.29, 0.717) is 15.6 Å². The van der Waals surface area contributed by atoms with Crippen LogP contribution in [0.4, 0.5) is 0 Å². The van der Waals surface area contributed by atoms with Crippen molar-refractivity contribution >= 4 is 44.9 Å². The third-order valence-corrected chi connectivity index (χ3v) is 5.19. The fraction of sp³-hybridized carbons (Fsp3) is 0.111. The Kier molecular flexibility index (Phi) is 5.18. The number of ketones is 1. The van der Waals surface area contributed by atoms with E-state index in [-0.39, 0.29) is 17.9 Å². The summed E-state index contributed by atoms with van der Waals surface area (Å²) in [6, 6.07) is 12.6. The number of Topliss-reactive ketones (excluding diaryl/α,β-unsaturated/α-hetero) is 1. The molecular weight excluding hydrogens is 425 g/mol. The summed E-state index contributed by atoms with van der Waals surface area (Å²) in [5.74, 6) is -0.134. The predicted molar refractivity (Wildman–Crippen MR) is 103 cm³/mol. The highest BCUT2D eigenvalue weighted by atomic mass is 79.9. The predicted octanol–water partition coefficient (Wildman–Crippen LogP) is 4.93. The quantitative estimate of drug-likeness (QED) is 0.577. The van der Waals surface area contributed by atoms with E-state index < -0.39 is 0 Å². The lowest BCUT2D eigenvalue weighted by atomic mass is 10.1. The van der Waals surface area contributed by atoms with Crippen LogP contribution in [-0.4, -0.2) is 14.9 Å². The molecule has 25 heavy (non-hydrogen) atoms. The van der Waals surface area contributed by atoms with E-state index in [1.807, 2.05) is 24.3 Å². The number of carbonyl (C=O) groups excluding carboxylic acids is 1. The summed E-state index contributed by atoms with van der Waals surface area (Å²) in [5.41, 5.74) is 2.54. The van der Waals surface area contributed by atoms with E-state index in [9.17, 15) is 4.79 Å². The van der Waals surface area contributed by atoms with Crippen LogP contribution in [0.3, 0.4) is 0 Å². The zero-order valence-electron chi connectivity index (χ0n) is 13.3. The van der Waals surface area contributed by atoms with Crippen molar-refractivity contribution < 1.29 is 4.79 Å². The van der Waals surface area contributed by atoms with Gasteiger partial charge in [-0.15, -0.1) is 0 Å². The van der Waals surface area contributed by atoms with Crippen molar-refractivity contribution in [1.82, 2.24) is 9.13 Å². The smallest absolute Gasteiger partial charge is 0.202 e. The molecule has 3 rings (SSSR count). The van der Waals surface area contributed by atoms with Crippen molar-refractivity contribution in [3.63, 3.8) is 0 Å². The van der Waals surface area contributed by atoms with E-state index in [4.69, 9.17) is 28.6 Å². The van der Waals surface area contributed by atoms with Gasteiger partial charge in [0.05, 0.1) is 22.3 Å². The zero-order valence-corrected chi connectivity index (χ0v) is 16.4. The van der Waals surface area contributed by atoms with Crippen molar-refractivity contribution in [3.05, 3.63) is 74.4 Å². The van der Waals surface area contributed by atoms with Crippen LogP contribution in [0.25, 0.3) is 11.3 Å². The number of nitrogens with one attached hydrogen (secondary N) is 1. The second-order valence-electron chi connectivity index (χ2n) is 5.58. The molecule has 1 N–H and O–H groups in total. The van der Waals surface area contributed by atoms with Crippen LogP contribution < -0.4 is 5.62 Å². The van der Waals surface area contributed by atoms with Gasteiger partial charge in [-0.1, -0.05) is 51.3 Å². The molecule has 0 saturated carbocycles. The Morgan fingerprint density at radius 1 is 1.12 bits per heavy atom. The number of aromatic nitrogens is 2. The van der Waals surface area contributed by atoms with Crippen molar-refractivity contribution in [2.75, 3.05) is 0 Å². The first-order valence-corrected chi connectivity index (χ1v) is 8.96. The number of halogens is 3. The molecule has 128 valence electrons. The maximum absolute atomic E-state index is 12.5. The van der Waals surface area contributed by atoms with Crippen LogP contribution in [0.5, 0.6) is 0 Å². The average molecular weight is 439 g/mol. The van der Waals surface area contributed by atoms with Gasteiger partial charge < -0.3 is 9.13 Å². The Hall–Kier alpha value is -1.82. The highest BCUT2D eigenvalue weighted by Crippen LogP contribution is 2.23. The summed E-state index contributed by atoms with van der Waals surface area (Å²) in [6.45, 7) is 0.0567. The fourth-order valence-corrected chi connectivity index (χ4v) is 3.09. The van der Waals surface area contributed by atoms with Gasteiger partial charge in [-0.25, -0.2) is 0 Å². The number of carbonyl (C=O) groups is 1. The standard InChI is InChI=1S/C18H14BrCl2N3O/c1-23-16(11-2-5-13(19)6-3-11)9-24(18(23)22)10-17(25)12-4-7-14(20)15(21)8-12/h2-9,22H,10H2,1H3. The molecule has 0 amide bonds. The Bertz CT molecular complexity index is 1010. The van der Waals surface area contributed by atoms with E-state index in [2.05, 4.69) is 15.9 Å². The minimum atomic E-state index is -0.134. The van der Waals surface area contributed by atoms with Gasteiger partial charge >= 0.3 is 0 Å². The van der Waals surface area contributed by atoms with Crippen LogP contribution in [0.2, 0.25) is 10.0 Å². The van der Waals surface area contributed by atoms with Crippen LogP contribution in [-0.2, 0) is 13.6 Å². The molecule has 0 atom stereocenters. The SMILES string of the molecule is Cn1c(-c2ccc(Br)cc2)cn(CC(=O)c2ccc(Cl)c(Cl)c2)c1=N. The maximum atomic E-state index is 12.5. The second-order valence-corrected chi connectivity index (χ2v) is 7.31. The summed E-state index contributed by atoms with van der Waals surface area (Å²) in [5, 5.41) is 9.00. The molecule has 1 heterocycles. The van der Waals surface area contributed by atoms with Crippen molar-refractivity contribution in [2.24, 2.45) is 7.05 Å². The van der Waals surface area contributed by atoms with Crippen LogP contribution in [0.15, 0.2) is 53.1 Å². The summed E-state index contributed by atoms with van der Waals surface area (Å²) in [6.07, 6.45) is 1.81. The van der Waals surface area contributed by atoms with E-state index >= 15 is 0 Å². The molecule has 0 aliphatic carbocycles. The highest BCUT2D eigenvalue weighted by Gasteiger charge is 2.13. The highest BCUT2D eigenvalue weighted by molar-refractivity contribution is 9.10. The number of hydrogen-bond donors (Lipinski definition) is 1. The first-order chi connectivity index (χ1) is 11.9. The van der Waals surface area contributed by atoms with Gasteiger partial charge in [-0.3, -0.25) is 10.2 Å². The lowest BCUT2D eigenvalue weighted by molar-refractivity contribution is 0.0970. The topological polar surface area (TPSA) is 50.8 Å². The van der Waals surface area contributed by atoms with Crippen LogP contribution in [0.1, 0.15) is 10.4 Å². The van der Waals surface area contributed by atoms with Crippen LogP contribution >= 0.6 is 39.1 Å². The van der Waals surface area contributed by atoms with Crippen LogP contribution in [0, 0.1) is 5.41 Å². The van der Waals surface area contributed by atoms with E-state index in [1.165, 1.54) is 0 Å². The molecule has 7 heteroatoms. The summed E-state index contributed by atoms with van der Waals surface area (Å²) in [4.78, 5) is 12.5. The molecule has 3 aromatic rings. The van der Waals surface area contributed by atoms with E-state index in [1.54, 1.807) is 40.6 Å². The molecule has 2 aromatic carbocycles. The largest absolute Gasteiger partial charge is 0.314 e. The van der Waals surface area contributed by atoms with Gasteiger partial charge in [-0.2, -0.15) is 0 Å². The Morgan fingerprint density at radius 3 is 2.44 bits per heavy atom. The molecule has 0 fully saturated rings. The fourth-order valence-electron chi connectivity index (χ4n) is 2.53. The van der Waals surface area contributed by atoms with Gasteiger partial charge in [0.15, 0.2) is 5.78 Å².